The first-order valence-corrected chi connectivity index (χ1v) is 15.0. The Labute approximate surface area is 246 Å². The molecule has 1 aromatic carbocycles. The molecule has 3 aromatic rings. The van der Waals surface area contributed by atoms with Crippen molar-refractivity contribution in [1.29, 1.82) is 0 Å². The highest BCUT2D eigenvalue weighted by molar-refractivity contribution is 5.82. The molecule has 0 bridgehead atoms. The molecule has 230 valence electrons. The third kappa shape index (κ3) is 8.45. The van der Waals surface area contributed by atoms with E-state index >= 15 is 0 Å². The normalized spacial score (nSPS) is 15.3. The summed E-state index contributed by atoms with van der Waals surface area (Å²) in [6.45, 7) is 10.0. The first kappa shape index (κ1) is 31.3. The highest BCUT2D eigenvalue weighted by Crippen LogP contribution is 2.30. The van der Waals surface area contributed by atoms with Crippen LogP contribution in [0.3, 0.4) is 0 Å². The van der Waals surface area contributed by atoms with Gasteiger partial charge in [0.2, 0.25) is 0 Å². The van der Waals surface area contributed by atoms with Gasteiger partial charge >= 0.3 is 17.7 Å². The molecule has 1 saturated heterocycles. The standard InChI is InChI=1S/C30H45N7O5/c1-4-5-17-42-29-33-27(31)26-28(34-29)37(30(40)32-26)21(2)23-10-14-36(15-11-23)13-7-12-35(3)16-18-41-24-9-6-8-22(19-24)20-25(38)39/h6,8-9,19,21,23H,4-5,7,10-18,20H2,1-3H3,(H,32,40)(H,38,39)(H2,31,33,34). The van der Waals surface area contributed by atoms with E-state index in [0.29, 0.717) is 36.0 Å². The molecule has 12 nitrogen and oxygen atoms in total. The Morgan fingerprint density at radius 2 is 1.98 bits per heavy atom. The number of rotatable bonds is 16. The smallest absolute Gasteiger partial charge is 0.328 e. The second kappa shape index (κ2) is 15.0. The van der Waals surface area contributed by atoms with Gasteiger partial charge in [-0.15, -0.1) is 0 Å². The largest absolute Gasteiger partial charge is 0.492 e. The number of aromatic amines is 1. The van der Waals surface area contributed by atoms with Crippen molar-refractivity contribution in [2.45, 2.75) is 58.4 Å². The number of hydrogen-bond donors (Lipinski definition) is 3. The monoisotopic (exact) mass is 583 g/mol. The SMILES string of the molecule is CCCCOc1nc(N)c2[nH]c(=O)n(C(C)C3CCN(CCCN(C)CCOc4cccc(CC(=O)O)c4)CC3)c2n1. The van der Waals surface area contributed by atoms with Crippen LogP contribution in [0.15, 0.2) is 29.1 Å². The molecule has 1 aliphatic rings. The van der Waals surface area contributed by atoms with Gasteiger partial charge < -0.3 is 35.1 Å². The number of ether oxygens (including phenoxy) is 2. The maximum atomic E-state index is 12.9. The van der Waals surface area contributed by atoms with Gasteiger partial charge in [0.1, 0.15) is 17.9 Å². The van der Waals surface area contributed by atoms with Gasteiger partial charge in [0.25, 0.3) is 0 Å². The van der Waals surface area contributed by atoms with Gasteiger partial charge in [0, 0.05) is 12.6 Å². The van der Waals surface area contributed by atoms with Gasteiger partial charge in [0.05, 0.1) is 13.0 Å². The number of nitrogens with one attached hydrogen (secondary N) is 1. The summed E-state index contributed by atoms with van der Waals surface area (Å²) in [5.74, 6) is 0.433. The van der Waals surface area contributed by atoms with E-state index in [1.165, 1.54) is 0 Å². The highest BCUT2D eigenvalue weighted by atomic mass is 16.5. The molecule has 12 heteroatoms. The Kier molecular flexibility index (Phi) is 11.2. The van der Waals surface area contributed by atoms with E-state index in [9.17, 15) is 9.59 Å². The first-order valence-electron chi connectivity index (χ1n) is 15.0. The number of benzene rings is 1. The molecule has 1 fully saturated rings. The lowest BCUT2D eigenvalue weighted by atomic mass is 9.90. The van der Waals surface area contributed by atoms with Crippen LogP contribution in [-0.4, -0.2) is 93.4 Å². The first-order chi connectivity index (χ1) is 20.2. The van der Waals surface area contributed by atoms with Crippen LogP contribution in [0.4, 0.5) is 5.82 Å². The van der Waals surface area contributed by atoms with Crippen LogP contribution in [0, 0.1) is 5.92 Å². The van der Waals surface area contributed by atoms with Crippen molar-refractivity contribution in [2.75, 3.05) is 58.7 Å². The second-order valence-corrected chi connectivity index (χ2v) is 11.2. The molecule has 0 aliphatic carbocycles. The minimum Gasteiger partial charge on any atom is -0.492 e. The van der Waals surface area contributed by atoms with E-state index in [4.69, 9.17) is 20.3 Å². The zero-order chi connectivity index (χ0) is 30.1. The van der Waals surface area contributed by atoms with Gasteiger partial charge in [-0.25, -0.2) is 4.79 Å². The number of carbonyl (C=O) groups is 1. The van der Waals surface area contributed by atoms with Crippen molar-refractivity contribution < 1.29 is 19.4 Å². The molecule has 0 saturated carbocycles. The van der Waals surface area contributed by atoms with Gasteiger partial charge in [-0.1, -0.05) is 25.5 Å². The van der Waals surface area contributed by atoms with Crippen LogP contribution in [0.1, 0.15) is 57.6 Å². The average Bonchev–Trinajstić information content (AvgIpc) is 3.29. The number of likely N-dealkylation sites (N-methyl/N-ethyl adjacent to an activating group) is 1. The number of carboxylic acids is 1. The molecule has 1 atom stereocenters. The lowest BCUT2D eigenvalue weighted by Crippen LogP contribution is -2.39. The van der Waals surface area contributed by atoms with E-state index in [2.05, 4.69) is 45.6 Å². The van der Waals surface area contributed by atoms with Crippen LogP contribution in [0.25, 0.3) is 11.2 Å². The molecule has 2 aromatic heterocycles. The molecular weight excluding hydrogens is 538 g/mol. The third-order valence-electron chi connectivity index (χ3n) is 8.04. The molecule has 42 heavy (non-hydrogen) atoms. The molecule has 3 heterocycles. The van der Waals surface area contributed by atoms with Crippen molar-refractivity contribution >= 4 is 23.0 Å². The number of unbranched alkanes of at least 4 members (excludes halogenated alkanes) is 1. The number of likely N-dealkylation sites (tertiary alicyclic amines) is 1. The molecule has 4 rings (SSSR count). The van der Waals surface area contributed by atoms with Crippen molar-refractivity contribution in [3.63, 3.8) is 0 Å². The summed E-state index contributed by atoms with van der Waals surface area (Å²) in [4.78, 5) is 40.2. The second-order valence-electron chi connectivity index (χ2n) is 11.2. The Morgan fingerprint density at radius 1 is 1.19 bits per heavy atom. The van der Waals surface area contributed by atoms with E-state index in [1.807, 2.05) is 12.1 Å². The zero-order valence-electron chi connectivity index (χ0n) is 25.1. The van der Waals surface area contributed by atoms with Crippen molar-refractivity contribution in [2.24, 2.45) is 5.92 Å². The summed E-state index contributed by atoms with van der Waals surface area (Å²) in [6.07, 6.45) is 4.96. The molecule has 0 spiro atoms. The molecule has 1 aliphatic heterocycles. The van der Waals surface area contributed by atoms with E-state index in [-0.39, 0.29) is 30.0 Å². The lowest BCUT2D eigenvalue weighted by molar-refractivity contribution is -0.136. The van der Waals surface area contributed by atoms with Crippen LogP contribution in [0.5, 0.6) is 11.8 Å². The fourth-order valence-corrected chi connectivity index (χ4v) is 5.54. The van der Waals surface area contributed by atoms with Gasteiger partial charge in [-0.05, 0) is 89.4 Å². The van der Waals surface area contributed by atoms with Crippen molar-refractivity contribution in [3.05, 3.63) is 40.3 Å². The predicted molar refractivity (Wildman–Crippen MR) is 162 cm³/mol. The zero-order valence-corrected chi connectivity index (χ0v) is 25.1. The number of hydrogen-bond acceptors (Lipinski definition) is 9. The van der Waals surface area contributed by atoms with Crippen LogP contribution in [-0.2, 0) is 11.2 Å². The highest BCUT2D eigenvalue weighted by Gasteiger charge is 2.28. The Bertz CT molecular complexity index is 1370. The third-order valence-corrected chi connectivity index (χ3v) is 8.04. The van der Waals surface area contributed by atoms with Crippen LogP contribution in [0.2, 0.25) is 0 Å². The summed E-state index contributed by atoms with van der Waals surface area (Å²) in [5.41, 5.74) is 7.63. The summed E-state index contributed by atoms with van der Waals surface area (Å²) in [7, 11) is 2.09. The Morgan fingerprint density at radius 3 is 2.71 bits per heavy atom. The lowest BCUT2D eigenvalue weighted by Gasteiger charge is -2.35. The quantitative estimate of drug-likeness (QED) is 0.214. The van der Waals surface area contributed by atoms with E-state index in [1.54, 1.807) is 16.7 Å². The van der Waals surface area contributed by atoms with Crippen LogP contribution >= 0.6 is 0 Å². The number of imidazole rings is 1. The topological polar surface area (TPSA) is 152 Å². The number of nitrogen functional groups attached to an aromatic ring is 1. The van der Waals surface area contributed by atoms with Gasteiger partial charge in [0.15, 0.2) is 11.5 Å². The molecule has 0 amide bonds. The number of carboxylic acid groups (broad SMARTS) is 1. The predicted octanol–water partition coefficient (Wildman–Crippen LogP) is 3.18. The number of anilines is 1. The summed E-state index contributed by atoms with van der Waals surface area (Å²) >= 11 is 0. The van der Waals surface area contributed by atoms with Gasteiger partial charge in [-0.2, -0.15) is 9.97 Å². The van der Waals surface area contributed by atoms with E-state index < -0.39 is 5.97 Å². The minimum atomic E-state index is -0.849. The maximum absolute atomic E-state index is 12.9. The summed E-state index contributed by atoms with van der Waals surface area (Å²) < 4.78 is 13.2. The Balaban J connectivity index is 1.20. The number of piperidine rings is 1. The van der Waals surface area contributed by atoms with Crippen molar-refractivity contribution in [1.82, 2.24) is 29.3 Å². The van der Waals surface area contributed by atoms with Crippen molar-refractivity contribution in [3.8, 4) is 11.8 Å². The fraction of sp³-hybridized carbons (Fsp3) is 0.600. The molecule has 4 N–H and O–H groups in total. The van der Waals surface area contributed by atoms with Gasteiger partial charge in [-0.3, -0.25) is 9.36 Å². The average molecular weight is 584 g/mol. The number of aliphatic carboxylic acids is 1. The Hall–Kier alpha value is -3.64. The number of H-pyrrole nitrogens is 1. The minimum absolute atomic E-state index is 0.00564. The van der Waals surface area contributed by atoms with E-state index in [0.717, 1.165) is 70.4 Å². The fourth-order valence-electron chi connectivity index (χ4n) is 5.54. The number of nitrogens with two attached hydrogens (primary N) is 1. The molecular formula is C30H45N7O5. The maximum Gasteiger partial charge on any atom is 0.328 e. The number of nitrogens with zero attached hydrogens (tertiary/aromatic N) is 5. The summed E-state index contributed by atoms with van der Waals surface area (Å²) in [6, 6.07) is 7.45. The summed E-state index contributed by atoms with van der Waals surface area (Å²) in [5, 5.41) is 8.97. The molecule has 0 radical (unpaired) electrons. The number of fused-ring (bicyclic) bond motifs is 1. The number of aromatic nitrogens is 4. The molecule has 1 unspecified atom stereocenters. The van der Waals surface area contributed by atoms with Crippen LogP contribution < -0.4 is 20.9 Å².